The second-order valence-electron chi connectivity index (χ2n) is 5.29. The molecule has 0 heterocycles. The van der Waals surface area contributed by atoms with Crippen molar-refractivity contribution in [3.8, 4) is 0 Å². The largest absolute Gasteiger partial charge is 0.380 e. The lowest BCUT2D eigenvalue weighted by atomic mass is 9.97. The first-order valence-corrected chi connectivity index (χ1v) is 7.34. The highest BCUT2D eigenvalue weighted by molar-refractivity contribution is 5.22. The van der Waals surface area contributed by atoms with Crippen LogP contribution in [0, 0.1) is 0 Å². The molecule has 104 valence electrons. The van der Waals surface area contributed by atoms with Gasteiger partial charge in [-0.25, -0.2) is 0 Å². The maximum absolute atomic E-state index is 5.16. The summed E-state index contributed by atoms with van der Waals surface area (Å²) in [5.74, 6) is 0. The van der Waals surface area contributed by atoms with Crippen LogP contribution >= 0.6 is 0 Å². The molecule has 1 aromatic rings. The molecule has 0 aromatic heterocycles. The number of allylic oxidation sites excluding steroid dienone is 1. The molecule has 1 aromatic carbocycles. The van der Waals surface area contributed by atoms with Crippen LogP contribution in [0.3, 0.4) is 0 Å². The van der Waals surface area contributed by atoms with E-state index in [1.165, 1.54) is 43.2 Å². The molecule has 2 rings (SSSR count). The Kier molecular flexibility index (Phi) is 6.12. The molecule has 0 amide bonds. The molecule has 2 heteroatoms. The molecule has 2 nitrogen and oxygen atoms in total. The van der Waals surface area contributed by atoms with Gasteiger partial charge in [-0.2, -0.15) is 0 Å². The van der Waals surface area contributed by atoms with Crippen molar-refractivity contribution in [3.05, 3.63) is 47.0 Å². The van der Waals surface area contributed by atoms with Gasteiger partial charge in [0.15, 0.2) is 0 Å². The summed E-state index contributed by atoms with van der Waals surface area (Å²) in [7, 11) is 1.74. The number of benzene rings is 1. The van der Waals surface area contributed by atoms with E-state index in [2.05, 4.69) is 35.7 Å². The fourth-order valence-corrected chi connectivity index (χ4v) is 2.61. The number of methoxy groups -OCH3 is 1. The number of rotatable bonds is 7. The fourth-order valence-electron chi connectivity index (χ4n) is 2.61. The number of ether oxygens (including phenoxy) is 1. The third-order valence-corrected chi connectivity index (χ3v) is 3.64. The highest BCUT2D eigenvalue weighted by Crippen LogP contribution is 2.19. The average molecular weight is 259 g/mol. The van der Waals surface area contributed by atoms with Crippen LogP contribution in [0.4, 0.5) is 0 Å². The molecule has 0 bridgehead atoms. The molecule has 0 radical (unpaired) electrons. The smallest absolute Gasteiger partial charge is 0.0713 e. The summed E-state index contributed by atoms with van der Waals surface area (Å²) < 4.78 is 5.16. The van der Waals surface area contributed by atoms with E-state index in [0.29, 0.717) is 6.61 Å². The Hall–Kier alpha value is -1.12. The van der Waals surface area contributed by atoms with Crippen LogP contribution in [0.2, 0.25) is 0 Å². The highest BCUT2D eigenvalue weighted by atomic mass is 16.5. The fraction of sp³-hybridized carbons (Fsp3) is 0.529. The number of hydrogen-bond acceptors (Lipinski definition) is 2. The van der Waals surface area contributed by atoms with Crippen molar-refractivity contribution in [3.63, 3.8) is 0 Å². The molecule has 0 aliphatic heterocycles. The second kappa shape index (κ2) is 8.13. The summed E-state index contributed by atoms with van der Waals surface area (Å²) in [6.45, 7) is 2.73. The summed E-state index contributed by atoms with van der Waals surface area (Å²) in [5, 5.41) is 3.54. The molecule has 19 heavy (non-hydrogen) atoms. The minimum absolute atomic E-state index is 0.695. The molecule has 0 saturated heterocycles. The molecule has 0 atom stereocenters. The SMILES string of the molecule is COCc1cccc(CNCCC2=CCCCC2)c1. The lowest BCUT2D eigenvalue weighted by Gasteiger charge is -2.13. The molecule has 0 spiro atoms. The Balaban J connectivity index is 1.70. The molecular formula is C17H25NO. The van der Waals surface area contributed by atoms with Gasteiger partial charge in [0.1, 0.15) is 0 Å². The van der Waals surface area contributed by atoms with Crippen LogP contribution in [-0.2, 0) is 17.9 Å². The minimum Gasteiger partial charge on any atom is -0.380 e. The summed E-state index contributed by atoms with van der Waals surface area (Å²) >= 11 is 0. The van der Waals surface area contributed by atoms with E-state index >= 15 is 0 Å². The zero-order chi connectivity index (χ0) is 13.3. The maximum Gasteiger partial charge on any atom is 0.0713 e. The zero-order valence-electron chi connectivity index (χ0n) is 12.0. The van der Waals surface area contributed by atoms with Crippen molar-refractivity contribution in [1.82, 2.24) is 5.32 Å². The summed E-state index contributed by atoms with van der Waals surface area (Å²) in [4.78, 5) is 0. The van der Waals surface area contributed by atoms with Gasteiger partial charge in [0.25, 0.3) is 0 Å². The van der Waals surface area contributed by atoms with Crippen molar-refractivity contribution in [2.45, 2.75) is 45.3 Å². The van der Waals surface area contributed by atoms with Crippen molar-refractivity contribution < 1.29 is 4.74 Å². The topological polar surface area (TPSA) is 21.3 Å². The monoisotopic (exact) mass is 259 g/mol. The average Bonchev–Trinajstić information content (AvgIpc) is 2.46. The van der Waals surface area contributed by atoms with Crippen molar-refractivity contribution in [1.29, 1.82) is 0 Å². The van der Waals surface area contributed by atoms with E-state index in [0.717, 1.165) is 13.1 Å². The predicted molar refractivity (Wildman–Crippen MR) is 80.0 cm³/mol. The Labute approximate surface area is 116 Å². The first-order chi connectivity index (χ1) is 9.38. The van der Waals surface area contributed by atoms with Crippen LogP contribution in [0.1, 0.15) is 43.2 Å². The predicted octanol–water partition coefficient (Wildman–Crippen LogP) is 3.81. The molecule has 1 aliphatic carbocycles. The van der Waals surface area contributed by atoms with Gasteiger partial charge in [-0.1, -0.05) is 35.9 Å². The van der Waals surface area contributed by atoms with Gasteiger partial charge in [-0.3, -0.25) is 0 Å². The Morgan fingerprint density at radius 3 is 2.89 bits per heavy atom. The van der Waals surface area contributed by atoms with Crippen molar-refractivity contribution in [2.24, 2.45) is 0 Å². The first kappa shape index (κ1) is 14.3. The Bertz CT molecular complexity index is 411. The first-order valence-electron chi connectivity index (χ1n) is 7.34. The quantitative estimate of drug-likeness (QED) is 0.594. The van der Waals surface area contributed by atoms with Crippen molar-refractivity contribution >= 4 is 0 Å². The zero-order valence-corrected chi connectivity index (χ0v) is 12.0. The van der Waals surface area contributed by atoms with Crippen LogP contribution in [0.5, 0.6) is 0 Å². The molecule has 1 N–H and O–H groups in total. The van der Waals surface area contributed by atoms with Gasteiger partial charge in [0, 0.05) is 13.7 Å². The Morgan fingerprint density at radius 1 is 1.21 bits per heavy atom. The molecule has 0 unspecified atom stereocenters. The van der Waals surface area contributed by atoms with E-state index in [1.807, 2.05) is 0 Å². The number of hydrogen-bond donors (Lipinski definition) is 1. The summed E-state index contributed by atoms with van der Waals surface area (Å²) in [5.41, 5.74) is 4.23. The van der Waals surface area contributed by atoms with Crippen LogP contribution in [0.25, 0.3) is 0 Å². The third kappa shape index (κ3) is 5.17. The third-order valence-electron chi connectivity index (χ3n) is 3.64. The van der Waals surface area contributed by atoms with E-state index in [9.17, 15) is 0 Å². The van der Waals surface area contributed by atoms with Gasteiger partial charge in [-0.15, -0.1) is 0 Å². The van der Waals surface area contributed by atoms with Gasteiger partial charge in [0.2, 0.25) is 0 Å². The van der Waals surface area contributed by atoms with Crippen molar-refractivity contribution in [2.75, 3.05) is 13.7 Å². The normalized spacial score (nSPS) is 15.3. The minimum atomic E-state index is 0.695. The molecule has 0 fully saturated rings. The Morgan fingerprint density at radius 2 is 2.11 bits per heavy atom. The van der Waals surface area contributed by atoms with Crippen LogP contribution in [0.15, 0.2) is 35.9 Å². The molecule has 1 aliphatic rings. The highest BCUT2D eigenvalue weighted by Gasteiger charge is 2.03. The van der Waals surface area contributed by atoms with E-state index < -0.39 is 0 Å². The maximum atomic E-state index is 5.16. The van der Waals surface area contributed by atoms with E-state index in [-0.39, 0.29) is 0 Å². The summed E-state index contributed by atoms with van der Waals surface area (Å²) in [6, 6.07) is 8.61. The van der Waals surface area contributed by atoms with Gasteiger partial charge in [-0.05, 0) is 49.8 Å². The van der Waals surface area contributed by atoms with E-state index in [4.69, 9.17) is 4.74 Å². The summed E-state index contributed by atoms with van der Waals surface area (Å²) in [6.07, 6.45) is 9.00. The van der Waals surface area contributed by atoms with E-state index in [1.54, 1.807) is 12.7 Å². The van der Waals surface area contributed by atoms with Gasteiger partial charge < -0.3 is 10.1 Å². The second-order valence-corrected chi connectivity index (χ2v) is 5.29. The van der Waals surface area contributed by atoms with Gasteiger partial charge in [0.05, 0.1) is 6.61 Å². The number of nitrogens with one attached hydrogen (secondary N) is 1. The van der Waals surface area contributed by atoms with Gasteiger partial charge >= 0.3 is 0 Å². The lowest BCUT2D eigenvalue weighted by Crippen LogP contribution is -2.15. The lowest BCUT2D eigenvalue weighted by molar-refractivity contribution is 0.185. The molecule has 0 saturated carbocycles. The molecular weight excluding hydrogens is 234 g/mol. The standard InChI is InChI=1S/C17H25NO/c1-19-14-17-9-5-8-16(12-17)13-18-11-10-15-6-3-2-4-7-15/h5-6,8-9,12,18H,2-4,7,10-11,13-14H2,1H3. The van der Waals surface area contributed by atoms with Crippen LogP contribution in [-0.4, -0.2) is 13.7 Å². The van der Waals surface area contributed by atoms with Crippen LogP contribution < -0.4 is 5.32 Å².